The van der Waals surface area contributed by atoms with E-state index in [-0.39, 0.29) is 5.56 Å². The van der Waals surface area contributed by atoms with Crippen LogP contribution in [0.2, 0.25) is 0 Å². The standard InChI is InChI=1S/C12H16NO9P/c1-20-12(16)7-3-2-4-13(5-7)11-10(15)9(14)8(22-11)6-21-23(17,18)19/h2-5,8-11,14-15H,6H2,1H3,(H-,17,18,19)/t8-,9+,10?,11-/m1/s1. The maximum Gasteiger partial charge on any atom is 0.343 e. The summed E-state index contributed by atoms with van der Waals surface area (Å²) >= 11 is 0. The van der Waals surface area contributed by atoms with Crippen molar-refractivity contribution in [2.75, 3.05) is 13.7 Å². The van der Waals surface area contributed by atoms with Gasteiger partial charge in [-0.1, -0.05) is 0 Å². The number of aromatic nitrogens is 1. The Morgan fingerprint density at radius 2 is 2.17 bits per heavy atom. The van der Waals surface area contributed by atoms with Gasteiger partial charge in [0.2, 0.25) is 0 Å². The molecule has 1 aromatic rings. The van der Waals surface area contributed by atoms with E-state index in [1.165, 1.54) is 36.2 Å². The summed E-state index contributed by atoms with van der Waals surface area (Å²) in [4.78, 5) is 30.6. The molecular formula is C12H16NO9P. The number of rotatable bonds is 5. The summed E-state index contributed by atoms with van der Waals surface area (Å²) in [5.74, 6) is -0.597. The molecule has 5 atom stereocenters. The zero-order chi connectivity index (χ0) is 17.2. The van der Waals surface area contributed by atoms with E-state index in [1.54, 1.807) is 0 Å². The Morgan fingerprint density at radius 3 is 2.78 bits per heavy atom. The number of aliphatic hydroxyl groups excluding tert-OH is 2. The molecule has 0 aromatic carbocycles. The Balaban J connectivity index is 2.14. The van der Waals surface area contributed by atoms with Gasteiger partial charge in [-0.25, -0.2) is 4.79 Å². The lowest BCUT2D eigenvalue weighted by atomic mass is 10.1. The number of esters is 1. The average Bonchev–Trinajstić information content (AvgIpc) is 2.79. The number of hydrogen-bond donors (Lipinski definition) is 3. The highest BCUT2D eigenvalue weighted by Crippen LogP contribution is 2.33. The van der Waals surface area contributed by atoms with Crippen LogP contribution in [-0.4, -0.2) is 53.1 Å². The molecule has 1 aliphatic heterocycles. The monoisotopic (exact) mass is 349 g/mol. The van der Waals surface area contributed by atoms with Crippen LogP contribution in [0.5, 0.6) is 0 Å². The van der Waals surface area contributed by atoms with Gasteiger partial charge in [0.25, 0.3) is 14.1 Å². The summed E-state index contributed by atoms with van der Waals surface area (Å²) in [6.07, 6.45) is -2.26. The molecule has 0 radical (unpaired) electrons. The molecule has 23 heavy (non-hydrogen) atoms. The molecule has 10 nitrogen and oxygen atoms in total. The number of carbonyl (C=O) groups is 1. The molecular weight excluding hydrogens is 333 g/mol. The van der Waals surface area contributed by atoms with Gasteiger partial charge in [0.15, 0.2) is 18.5 Å². The molecule has 2 unspecified atom stereocenters. The van der Waals surface area contributed by atoms with Crippen molar-refractivity contribution in [2.45, 2.75) is 24.5 Å². The Bertz CT molecular complexity index is 618. The van der Waals surface area contributed by atoms with Crippen molar-refractivity contribution < 1.29 is 47.9 Å². The van der Waals surface area contributed by atoms with Gasteiger partial charge in [-0.3, -0.25) is 4.57 Å². The maximum atomic E-state index is 11.5. The van der Waals surface area contributed by atoms with Crippen LogP contribution in [0.4, 0.5) is 0 Å². The van der Waals surface area contributed by atoms with Crippen LogP contribution in [0.25, 0.3) is 0 Å². The molecule has 1 saturated heterocycles. The predicted octanol–water partition coefficient (Wildman–Crippen LogP) is -2.14. The minimum absolute atomic E-state index is 0.194. The predicted molar refractivity (Wildman–Crippen MR) is 69.7 cm³/mol. The van der Waals surface area contributed by atoms with Crippen LogP contribution < -0.4 is 9.46 Å². The van der Waals surface area contributed by atoms with Crippen molar-refractivity contribution in [2.24, 2.45) is 0 Å². The van der Waals surface area contributed by atoms with E-state index < -0.39 is 44.9 Å². The number of methoxy groups -OCH3 is 1. The number of nitrogens with zero attached hydrogens (tertiary/aromatic N) is 1. The Kier molecular flexibility index (Phi) is 5.48. The Labute approximate surface area is 131 Å². The van der Waals surface area contributed by atoms with Gasteiger partial charge < -0.3 is 34.0 Å². The first kappa shape index (κ1) is 18.0. The summed E-state index contributed by atoms with van der Waals surface area (Å²) in [6.45, 7) is -0.663. The molecule has 11 heteroatoms. The smallest absolute Gasteiger partial charge is 0.343 e. The van der Waals surface area contributed by atoms with Gasteiger partial charge in [0.05, 0.1) is 13.7 Å². The first-order chi connectivity index (χ1) is 10.7. The van der Waals surface area contributed by atoms with Crippen LogP contribution in [-0.2, 0) is 18.6 Å². The summed E-state index contributed by atoms with van der Waals surface area (Å²) in [5.41, 5.74) is 0.194. The second kappa shape index (κ2) is 7.02. The number of pyridine rings is 1. The van der Waals surface area contributed by atoms with Gasteiger partial charge in [-0.15, -0.1) is 0 Å². The van der Waals surface area contributed by atoms with E-state index in [2.05, 4.69) is 9.26 Å². The second-order valence-corrected chi connectivity index (χ2v) is 6.04. The lowest BCUT2D eigenvalue weighted by molar-refractivity contribution is -0.765. The minimum Gasteiger partial charge on any atom is -0.756 e. The Morgan fingerprint density at radius 1 is 1.48 bits per heavy atom. The normalized spacial score (nSPS) is 30.0. The van der Waals surface area contributed by atoms with Crippen LogP contribution in [0.15, 0.2) is 24.5 Å². The number of hydrogen-bond acceptors (Lipinski definition) is 8. The third-order valence-corrected chi connectivity index (χ3v) is 3.75. The number of phosphoric ester groups is 1. The van der Waals surface area contributed by atoms with Crippen molar-refractivity contribution in [1.82, 2.24) is 0 Å². The first-order valence-electron chi connectivity index (χ1n) is 6.52. The fourth-order valence-corrected chi connectivity index (χ4v) is 2.51. The molecule has 3 N–H and O–H groups in total. The SMILES string of the molecule is COC(=O)c1ccc[n+]([C@@H]2O[C@H](COP(=O)([O-])O)[C@H](O)C2O)c1. The molecule has 2 rings (SSSR count). The summed E-state index contributed by atoms with van der Waals surface area (Å²) in [7, 11) is -3.76. The molecule has 0 bridgehead atoms. The minimum atomic E-state index is -4.97. The zero-order valence-electron chi connectivity index (χ0n) is 12.0. The lowest BCUT2D eigenvalue weighted by Gasteiger charge is -2.19. The lowest BCUT2D eigenvalue weighted by Crippen LogP contribution is -2.46. The number of carbonyl (C=O) groups excluding carboxylic acids is 1. The quantitative estimate of drug-likeness (QED) is 0.307. The molecule has 1 aliphatic rings. The molecule has 0 aliphatic carbocycles. The zero-order valence-corrected chi connectivity index (χ0v) is 12.9. The van der Waals surface area contributed by atoms with Crippen molar-refractivity contribution in [3.05, 3.63) is 30.1 Å². The van der Waals surface area contributed by atoms with Gasteiger partial charge in [0, 0.05) is 6.07 Å². The van der Waals surface area contributed by atoms with Gasteiger partial charge in [-0.05, 0) is 6.07 Å². The van der Waals surface area contributed by atoms with E-state index in [9.17, 15) is 24.5 Å². The molecule has 0 amide bonds. The number of ether oxygens (including phenoxy) is 2. The van der Waals surface area contributed by atoms with Crippen molar-refractivity contribution in [3.8, 4) is 0 Å². The highest BCUT2D eigenvalue weighted by atomic mass is 31.2. The topological polar surface area (TPSA) is 149 Å². The first-order valence-corrected chi connectivity index (χ1v) is 8.01. The van der Waals surface area contributed by atoms with Crippen LogP contribution in [0.3, 0.4) is 0 Å². The fraction of sp³-hybridized carbons (Fsp3) is 0.500. The van der Waals surface area contributed by atoms with E-state index in [4.69, 9.17) is 9.63 Å². The average molecular weight is 349 g/mol. The largest absolute Gasteiger partial charge is 0.756 e. The summed E-state index contributed by atoms with van der Waals surface area (Å²) in [5, 5.41) is 19.9. The fourth-order valence-electron chi connectivity index (χ4n) is 2.17. The van der Waals surface area contributed by atoms with Crippen molar-refractivity contribution in [1.29, 1.82) is 0 Å². The molecule has 0 saturated carbocycles. The van der Waals surface area contributed by atoms with Gasteiger partial charge >= 0.3 is 5.97 Å². The van der Waals surface area contributed by atoms with Gasteiger partial charge in [0.1, 0.15) is 17.8 Å². The molecule has 1 aromatic heterocycles. The van der Waals surface area contributed by atoms with Crippen LogP contribution in [0, 0.1) is 0 Å². The van der Waals surface area contributed by atoms with E-state index in [0.29, 0.717) is 0 Å². The van der Waals surface area contributed by atoms with E-state index >= 15 is 0 Å². The third kappa shape index (κ3) is 4.33. The molecule has 2 heterocycles. The number of aliphatic hydroxyl groups is 2. The number of phosphoric acid groups is 1. The molecule has 1 fully saturated rings. The highest BCUT2D eigenvalue weighted by molar-refractivity contribution is 7.44. The highest BCUT2D eigenvalue weighted by Gasteiger charge is 2.48. The van der Waals surface area contributed by atoms with Crippen molar-refractivity contribution >= 4 is 13.8 Å². The van der Waals surface area contributed by atoms with Crippen LogP contribution >= 0.6 is 7.82 Å². The maximum absolute atomic E-state index is 11.5. The molecule has 0 spiro atoms. The van der Waals surface area contributed by atoms with E-state index in [0.717, 1.165) is 0 Å². The molecule has 128 valence electrons. The summed E-state index contributed by atoms with van der Waals surface area (Å²) in [6, 6.07) is 3.00. The summed E-state index contributed by atoms with van der Waals surface area (Å²) < 4.78 is 26.0. The Hall–Kier alpha value is -1.39. The van der Waals surface area contributed by atoms with Crippen molar-refractivity contribution in [3.63, 3.8) is 0 Å². The third-order valence-electron chi connectivity index (χ3n) is 3.28. The van der Waals surface area contributed by atoms with Gasteiger partial charge in [-0.2, -0.15) is 4.57 Å². The van der Waals surface area contributed by atoms with E-state index in [1.807, 2.05) is 0 Å². The second-order valence-electron chi connectivity index (χ2n) is 4.84. The van der Waals surface area contributed by atoms with Crippen LogP contribution in [0.1, 0.15) is 16.6 Å².